The summed E-state index contributed by atoms with van der Waals surface area (Å²) in [6, 6.07) is 0. The van der Waals surface area contributed by atoms with Crippen LogP contribution in [0, 0.1) is 20.8 Å². The van der Waals surface area contributed by atoms with Crippen molar-refractivity contribution in [2.45, 2.75) is 47.2 Å². The van der Waals surface area contributed by atoms with E-state index in [1.54, 1.807) is 11.3 Å². The van der Waals surface area contributed by atoms with Crippen molar-refractivity contribution in [3.63, 3.8) is 0 Å². The zero-order chi connectivity index (χ0) is 14.7. The molecule has 2 aromatic heterocycles. The summed E-state index contributed by atoms with van der Waals surface area (Å²) in [5.74, 6) is 0. The summed E-state index contributed by atoms with van der Waals surface area (Å²) in [5, 5.41) is 4.59. The van der Waals surface area contributed by atoms with E-state index in [1.807, 2.05) is 5.51 Å². The zero-order valence-electron chi connectivity index (χ0n) is 13.1. The highest BCUT2D eigenvalue weighted by molar-refractivity contribution is 7.09. The van der Waals surface area contributed by atoms with Gasteiger partial charge in [0.2, 0.25) is 0 Å². The number of thiazole rings is 1. The van der Waals surface area contributed by atoms with Gasteiger partial charge in [-0.2, -0.15) is 5.10 Å². The van der Waals surface area contributed by atoms with E-state index < -0.39 is 0 Å². The van der Waals surface area contributed by atoms with E-state index in [4.69, 9.17) is 0 Å². The lowest BCUT2D eigenvalue weighted by molar-refractivity contribution is 0.330. The number of nitrogens with zero attached hydrogens (tertiary/aromatic N) is 4. The van der Waals surface area contributed by atoms with Gasteiger partial charge in [0.25, 0.3) is 0 Å². The minimum absolute atomic E-state index is 0.941. The van der Waals surface area contributed by atoms with Crippen LogP contribution in [0.25, 0.3) is 0 Å². The lowest BCUT2D eigenvalue weighted by atomic mass is 10.2. The van der Waals surface area contributed by atoms with Crippen LogP contribution in [0.4, 0.5) is 0 Å². The molecule has 2 heterocycles. The van der Waals surface area contributed by atoms with E-state index in [9.17, 15) is 0 Å². The van der Waals surface area contributed by atoms with Gasteiger partial charge in [-0.15, -0.1) is 11.3 Å². The van der Waals surface area contributed by atoms with Crippen molar-refractivity contribution in [1.82, 2.24) is 19.7 Å². The Labute approximate surface area is 125 Å². The van der Waals surface area contributed by atoms with Crippen LogP contribution >= 0.6 is 11.3 Å². The Kier molecular flexibility index (Phi) is 4.94. The van der Waals surface area contributed by atoms with Gasteiger partial charge in [-0.25, -0.2) is 4.98 Å². The van der Waals surface area contributed by atoms with E-state index in [-0.39, 0.29) is 0 Å². The van der Waals surface area contributed by atoms with Crippen molar-refractivity contribution in [2.75, 3.05) is 13.6 Å². The molecule has 0 saturated heterocycles. The van der Waals surface area contributed by atoms with Crippen LogP contribution < -0.4 is 0 Å². The minimum atomic E-state index is 0.941. The Morgan fingerprint density at radius 2 is 2.00 bits per heavy atom. The maximum Gasteiger partial charge on any atom is 0.0797 e. The van der Waals surface area contributed by atoms with Gasteiger partial charge >= 0.3 is 0 Å². The first-order chi connectivity index (χ1) is 9.52. The van der Waals surface area contributed by atoms with Crippen molar-refractivity contribution < 1.29 is 0 Å². The zero-order valence-corrected chi connectivity index (χ0v) is 13.9. The summed E-state index contributed by atoms with van der Waals surface area (Å²) in [5.41, 5.74) is 6.94. The molecule has 2 rings (SSSR count). The number of likely N-dealkylation sites (N-methyl/N-ethyl adjacent to an activating group) is 1. The van der Waals surface area contributed by atoms with Gasteiger partial charge in [-0.3, -0.25) is 4.68 Å². The van der Waals surface area contributed by atoms with E-state index in [2.05, 4.69) is 54.4 Å². The quantitative estimate of drug-likeness (QED) is 0.821. The Hall–Kier alpha value is -1.20. The Balaban J connectivity index is 1.96. The van der Waals surface area contributed by atoms with Gasteiger partial charge < -0.3 is 4.90 Å². The highest BCUT2D eigenvalue weighted by Gasteiger charge is 2.13. The van der Waals surface area contributed by atoms with Crippen molar-refractivity contribution in [3.8, 4) is 0 Å². The average Bonchev–Trinajstić information content (AvgIpc) is 2.94. The molecule has 0 amide bonds. The third-order valence-corrected chi connectivity index (χ3v) is 4.82. The van der Waals surface area contributed by atoms with Crippen molar-refractivity contribution in [2.24, 2.45) is 0 Å². The molecule has 0 saturated carbocycles. The summed E-state index contributed by atoms with van der Waals surface area (Å²) in [6.45, 7) is 11.5. The van der Waals surface area contributed by atoms with Gasteiger partial charge in [-0.1, -0.05) is 0 Å². The number of aromatic nitrogens is 3. The molecule has 2 aromatic rings. The maximum absolute atomic E-state index is 4.59. The molecule has 0 aliphatic heterocycles. The molecule has 20 heavy (non-hydrogen) atoms. The van der Waals surface area contributed by atoms with Crippen molar-refractivity contribution in [1.29, 1.82) is 0 Å². The number of hydrogen-bond acceptors (Lipinski definition) is 4. The Bertz CT molecular complexity index is 570. The average molecular weight is 292 g/mol. The second-order valence-corrected chi connectivity index (χ2v) is 6.25. The van der Waals surface area contributed by atoms with Gasteiger partial charge in [0, 0.05) is 35.8 Å². The molecule has 5 heteroatoms. The van der Waals surface area contributed by atoms with E-state index in [1.165, 1.54) is 21.8 Å². The summed E-state index contributed by atoms with van der Waals surface area (Å²) in [7, 11) is 2.18. The van der Waals surface area contributed by atoms with E-state index in [0.717, 1.165) is 31.7 Å². The lowest BCUT2D eigenvalue weighted by Gasteiger charge is -2.16. The molecule has 0 atom stereocenters. The monoisotopic (exact) mass is 292 g/mol. The smallest absolute Gasteiger partial charge is 0.0797 e. The summed E-state index contributed by atoms with van der Waals surface area (Å²) in [4.78, 5) is 8.08. The summed E-state index contributed by atoms with van der Waals surface area (Å²) < 4.78 is 2.09. The third-order valence-electron chi connectivity index (χ3n) is 3.82. The van der Waals surface area contributed by atoms with Crippen LogP contribution in [0.2, 0.25) is 0 Å². The predicted molar refractivity (Wildman–Crippen MR) is 84.3 cm³/mol. The third kappa shape index (κ3) is 3.27. The molecule has 0 unspecified atom stereocenters. The van der Waals surface area contributed by atoms with E-state index >= 15 is 0 Å². The normalized spacial score (nSPS) is 11.5. The second-order valence-electron chi connectivity index (χ2n) is 5.31. The Morgan fingerprint density at radius 1 is 1.25 bits per heavy atom. The molecular weight excluding hydrogens is 268 g/mol. The fourth-order valence-corrected chi connectivity index (χ4v) is 3.25. The van der Waals surface area contributed by atoms with Gasteiger partial charge in [-0.05, 0) is 41.2 Å². The summed E-state index contributed by atoms with van der Waals surface area (Å²) in [6.07, 6.45) is 1.08. The molecular formula is C15H24N4S. The van der Waals surface area contributed by atoms with Crippen LogP contribution in [-0.2, 0) is 19.5 Å². The molecule has 110 valence electrons. The minimum Gasteiger partial charge on any atom is -0.302 e. The molecule has 0 N–H and O–H groups in total. The summed E-state index contributed by atoms with van der Waals surface area (Å²) >= 11 is 1.76. The van der Waals surface area contributed by atoms with Gasteiger partial charge in [0.05, 0.1) is 16.9 Å². The Morgan fingerprint density at radius 3 is 2.55 bits per heavy atom. The SMILES string of the molecule is CCn1nc(C)c(CN(C)CCc2scnc2C)c1C. The van der Waals surface area contributed by atoms with Crippen molar-refractivity contribution in [3.05, 3.63) is 33.0 Å². The molecule has 0 fully saturated rings. The number of hydrogen-bond donors (Lipinski definition) is 0. The molecule has 0 aliphatic rings. The highest BCUT2D eigenvalue weighted by Crippen LogP contribution is 2.17. The molecule has 4 nitrogen and oxygen atoms in total. The first-order valence-corrected chi connectivity index (χ1v) is 8.01. The van der Waals surface area contributed by atoms with Crippen LogP contribution in [0.5, 0.6) is 0 Å². The maximum atomic E-state index is 4.59. The molecule has 0 aromatic carbocycles. The molecule has 0 spiro atoms. The van der Waals surface area contributed by atoms with Gasteiger partial charge in [0.1, 0.15) is 0 Å². The van der Waals surface area contributed by atoms with Crippen molar-refractivity contribution >= 4 is 11.3 Å². The topological polar surface area (TPSA) is 34.0 Å². The van der Waals surface area contributed by atoms with Gasteiger partial charge in [0.15, 0.2) is 0 Å². The van der Waals surface area contributed by atoms with Crippen LogP contribution in [0.1, 0.15) is 34.4 Å². The number of aryl methyl sites for hydroxylation is 3. The standard InChI is InChI=1S/C15H24N4S/c1-6-19-13(4)14(11(2)17-19)9-18(5)8-7-15-12(3)16-10-20-15/h10H,6-9H2,1-5H3. The first-order valence-electron chi connectivity index (χ1n) is 7.13. The largest absolute Gasteiger partial charge is 0.302 e. The lowest BCUT2D eigenvalue weighted by Crippen LogP contribution is -2.21. The van der Waals surface area contributed by atoms with Crippen LogP contribution in [0.3, 0.4) is 0 Å². The number of rotatable bonds is 6. The molecule has 0 bridgehead atoms. The highest BCUT2D eigenvalue weighted by atomic mass is 32.1. The molecule has 0 aliphatic carbocycles. The van der Waals surface area contributed by atoms with Crippen LogP contribution in [-0.4, -0.2) is 33.3 Å². The predicted octanol–water partition coefficient (Wildman–Crippen LogP) is 2.96. The fourth-order valence-electron chi connectivity index (χ4n) is 2.48. The molecule has 0 radical (unpaired) electrons. The van der Waals surface area contributed by atoms with E-state index in [0.29, 0.717) is 0 Å². The second kappa shape index (κ2) is 6.50. The fraction of sp³-hybridized carbons (Fsp3) is 0.600. The first kappa shape index (κ1) is 15.2. The van der Waals surface area contributed by atoms with Crippen LogP contribution in [0.15, 0.2) is 5.51 Å².